The van der Waals surface area contributed by atoms with E-state index >= 15 is 0 Å². The van der Waals surface area contributed by atoms with Crippen LogP contribution in [0.2, 0.25) is 0 Å². The summed E-state index contributed by atoms with van der Waals surface area (Å²) in [6, 6.07) is -0.827. The van der Waals surface area contributed by atoms with Crippen LogP contribution in [-0.2, 0) is 19.4 Å². The Morgan fingerprint density at radius 1 is 1.41 bits per heavy atom. The molecule has 0 aromatic rings. The molecule has 2 unspecified atom stereocenters. The highest BCUT2D eigenvalue weighted by atomic mass is 32.2. The summed E-state index contributed by atoms with van der Waals surface area (Å²) in [7, 11) is -3.04. The molecule has 0 aliphatic carbocycles. The van der Waals surface area contributed by atoms with Gasteiger partial charge in [-0.25, -0.2) is 8.42 Å². The fourth-order valence-electron chi connectivity index (χ4n) is 2.34. The molecule has 2 heterocycles. The van der Waals surface area contributed by atoms with Crippen molar-refractivity contribution < 1.29 is 18.0 Å². The van der Waals surface area contributed by atoms with Crippen LogP contribution in [0.25, 0.3) is 0 Å². The third kappa shape index (κ3) is 2.43. The normalized spacial score (nSPS) is 32.6. The van der Waals surface area contributed by atoms with Gasteiger partial charge in [0.05, 0.1) is 18.1 Å². The number of carbonyl (C=O) groups excluding carboxylic acids is 2. The van der Waals surface area contributed by atoms with Crippen molar-refractivity contribution in [3.8, 4) is 0 Å². The van der Waals surface area contributed by atoms with Crippen LogP contribution in [-0.4, -0.2) is 55.3 Å². The molecule has 2 atom stereocenters. The smallest absolute Gasteiger partial charge is 0.245 e. The van der Waals surface area contributed by atoms with E-state index in [4.69, 9.17) is 0 Å². The third-order valence-electron chi connectivity index (χ3n) is 3.29. The molecule has 0 saturated carbocycles. The predicted molar refractivity (Wildman–Crippen MR) is 61.0 cm³/mol. The first-order valence-corrected chi connectivity index (χ1v) is 7.55. The number of amides is 2. The maximum Gasteiger partial charge on any atom is 0.245 e. The molecule has 6 nitrogen and oxygen atoms in total. The van der Waals surface area contributed by atoms with Crippen LogP contribution in [0, 0.1) is 0 Å². The quantitative estimate of drug-likeness (QED) is 0.684. The molecule has 0 spiro atoms. The Morgan fingerprint density at radius 3 is 2.65 bits per heavy atom. The number of hydrogen-bond acceptors (Lipinski definition) is 4. The second-order valence-electron chi connectivity index (χ2n) is 4.55. The largest absolute Gasteiger partial charge is 0.343 e. The van der Waals surface area contributed by atoms with E-state index in [9.17, 15) is 18.0 Å². The molecule has 2 amide bonds. The van der Waals surface area contributed by atoms with E-state index in [0.29, 0.717) is 12.8 Å². The topological polar surface area (TPSA) is 83.6 Å². The zero-order chi connectivity index (χ0) is 12.6. The van der Waals surface area contributed by atoms with Gasteiger partial charge in [0, 0.05) is 6.04 Å². The minimum Gasteiger partial charge on any atom is -0.343 e. The summed E-state index contributed by atoms with van der Waals surface area (Å²) >= 11 is 0. The number of nitrogens with one attached hydrogen (secondary N) is 1. The van der Waals surface area contributed by atoms with E-state index in [-0.39, 0.29) is 35.9 Å². The van der Waals surface area contributed by atoms with Gasteiger partial charge in [0.25, 0.3) is 0 Å². The average Bonchev–Trinajstić information content (AvgIpc) is 2.61. The molecule has 0 bridgehead atoms. The summed E-state index contributed by atoms with van der Waals surface area (Å²) in [5, 5.41) is 2.61. The molecule has 7 heteroatoms. The standard InChI is InChI=1S/C10H16N2O4S/c1-2-8-10(14)12(5-9(13)11-8)7-3-4-17(15,16)6-7/h7-8H,2-6H2,1H3,(H,11,13). The number of rotatable bonds is 2. The molecule has 2 fully saturated rings. The molecule has 2 aliphatic rings. The van der Waals surface area contributed by atoms with Crippen molar-refractivity contribution in [1.29, 1.82) is 0 Å². The molecular weight excluding hydrogens is 244 g/mol. The molecule has 96 valence electrons. The zero-order valence-corrected chi connectivity index (χ0v) is 10.5. The van der Waals surface area contributed by atoms with Crippen LogP contribution in [0.1, 0.15) is 19.8 Å². The van der Waals surface area contributed by atoms with E-state index in [2.05, 4.69) is 5.32 Å². The monoisotopic (exact) mass is 260 g/mol. The first kappa shape index (κ1) is 12.3. The Kier molecular flexibility index (Phi) is 3.11. The van der Waals surface area contributed by atoms with Gasteiger partial charge in [-0.05, 0) is 12.8 Å². The summed E-state index contributed by atoms with van der Waals surface area (Å²) in [6.45, 7) is 1.80. The number of nitrogens with zero attached hydrogens (tertiary/aromatic N) is 1. The van der Waals surface area contributed by atoms with E-state index in [0.717, 1.165) is 0 Å². The summed E-state index contributed by atoms with van der Waals surface area (Å²) < 4.78 is 22.8. The Morgan fingerprint density at radius 2 is 2.12 bits per heavy atom. The van der Waals surface area contributed by atoms with Crippen molar-refractivity contribution in [2.75, 3.05) is 18.1 Å². The van der Waals surface area contributed by atoms with Gasteiger partial charge in [-0.15, -0.1) is 0 Å². The molecule has 0 aromatic heterocycles. The van der Waals surface area contributed by atoms with Gasteiger partial charge in [-0.1, -0.05) is 6.92 Å². The van der Waals surface area contributed by atoms with Gasteiger partial charge in [0.2, 0.25) is 11.8 Å². The molecular formula is C10H16N2O4S. The Bertz CT molecular complexity index is 445. The minimum atomic E-state index is -3.04. The lowest BCUT2D eigenvalue weighted by molar-refractivity contribution is -0.146. The molecule has 1 N–H and O–H groups in total. The molecule has 0 radical (unpaired) electrons. The lowest BCUT2D eigenvalue weighted by atomic mass is 10.1. The summed E-state index contributed by atoms with van der Waals surface area (Å²) in [5.74, 6) is -0.266. The van der Waals surface area contributed by atoms with E-state index in [1.54, 1.807) is 0 Å². The Hall–Kier alpha value is -1.11. The van der Waals surface area contributed by atoms with Crippen LogP contribution < -0.4 is 5.32 Å². The van der Waals surface area contributed by atoms with Crippen LogP contribution in [0.3, 0.4) is 0 Å². The molecule has 2 rings (SSSR count). The van der Waals surface area contributed by atoms with Crippen molar-refractivity contribution in [2.24, 2.45) is 0 Å². The van der Waals surface area contributed by atoms with Crippen molar-refractivity contribution in [3.63, 3.8) is 0 Å². The lowest BCUT2D eigenvalue weighted by Gasteiger charge is -2.35. The number of carbonyl (C=O) groups is 2. The zero-order valence-electron chi connectivity index (χ0n) is 9.68. The van der Waals surface area contributed by atoms with Crippen LogP contribution in [0.15, 0.2) is 0 Å². The first-order valence-electron chi connectivity index (χ1n) is 5.73. The second-order valence-corrected chi connectivity index (χ2v) is 6.78. The van der Waals surface area contributed by atoms with E-state index in [1.807, 2.05) is 6.92 Å². The lowest BCUT2D eigenvalue weighted by Crippen LogP contribution is -2.60. The molecule has 17 heavy (non-hydrogen) atoms. The Balaban J connectivity index is 2.15. The predicted octanol–water partition coefficient (Wildman–Crippen LogP) is -1.09. The van der Waals surface area contributed by atoms with Crippen LogP contribution in [0.5, 0.6) is 0 Å². The maximum absolute atomic E-state index is 12.0. The second kappa shape index (κ2) is 4.29. The first-order chi connectivity index (χ1) is 7.93. The fraction of sp³-hybridized carbons (Fsp3) is 0.800. The van der Waals surface area contributed by atoms with Crippen LogP contribution >= 0.6 is 0 Å². The van der Waals surface area contributed by atoms with E-state index < -0.39 is 15.9 Å². The van der Waals surface area contributed by atoms with Gasteiger partial charge in [-0.3, -0.25) is 9.59 Å². The molecule has 2 saturated heterocycles. The van der Waals surface area contributed by atoms with Crippen molar-refractivity contribution >= 4 is 21.7 Å². The number of hydrogen-bond donors (Lipinski definition) is 1. The molecule has 2 aliphatic heterocycles. The van der Waals surface area contributed by atoms with Crippen molar-refractivity contribution in [3.05, 3.63) is 0 Å². The van der Waals surface area contributed by atoms with Gasteiger partial charge in [0.15, 0.2) is 9.84 Å². The number of piperazine rings is 1. The Labute approximate surface area is 100 Å². The van der Waals surface area contributed by atoms with E-state index in [1.165, 1.54) is 4.90 Å². The van der Waals surface area contributed by atoms with Crippen LogP contribution in [0.4, 0.5) is 0 Å². The minimum absolute atomic E-state index is 0.0115. The SMILES string of the molecule is CCC1NC(=O)CN(C2CCS(=O)(=O)C2)C1=O. The average molecular weight is 260 g/mol. The molecule has 0 aromatic carbocycles. The van der Waals surface area contributed by atoms with Gasteiger partial charge < -0.3 is 10.2 Å². The van der Waals surface area contributed by atoms with Crippen molar-refractivity contribution in [2.45, 2.75) is 31.8 Å². The highest BCUT2D eigenvalue weighted by Gasteiger charge is 2.40. The highest BCUT2D eigenvalue weighted by Crippen LogP contribution is 2.20. The van der Waals surface area contributed by atoms with Gasteiger partial charge in [-0.2, -0.15) is 0 Å². The van der Waals surface area contributed by atoms with Gasteiger partial charge >= 0.3 is 0 Å². The summed E-state index contributed by atoms with van der Waals surface area (Å²) in [4.78, 5) is 24.9. The van der Waals surface area contributed by atoms with Gasteiger partial charge in [0.1, 0.15) is 6.04 Å². The third-order valence-corrected chi connectivity index (χ3v) is 5.04. The summed E-state index contributed by atoms with van der Waals surface area (Å²) in [6.07, 6.45) is 0.971. The van der Waals surface area contributed by atoms with Crippen molar-refractivity contribution in [1.82, 2.24) is 10.2 Å². The fourth-order valence-corrected chi connectivity index (χ4v) is 4.07. The summed E-state index contributed by atoms with van der Waals surface area (Å²) in [5.41, 5.74) is 0. The highest BCUT2D eigenvalue weighted by molar-refractivity contribution is 7.91. The maximum atomic E-state index is 12.0. The number of sulfone groups is 1.